The molecule has 0 saturated heterocycles. The monoisotopic (exact) mass is 254 g/mol. The van der Waals surface area contributed by atoms with Crippen LogP contribution in [0.4, 0.5) is 0 Å². The Balaban J connectivity index is 3.91. The first-order valence-electron chi connectivity index (χ1n) is 6.63. The highest BCUT2D eigenvalue weighted by molar-refractivity contribution is 6.18. The molecule has 0 rings (SSSR count). The van der Waals surface area contributed by atoms with Crippen molar-refractivity contribution in [1.82, 2.24) is 0 Å². The van der Waals surface area contributed by atoms with Gasteiger partial charge in [-0.05, 0) is 52.9 Å². The second-order valence-electron chi connectivity index (χ2n) is 4.78. The van der Waals surface area contributed by atoms with E-state index in [-0.39, 0.29) is 0 Å². The second-order valence-corrected chi connectivity index (χ2v) is 5.09. The van der Waals surface area contributed by atoms with Crippen molar-refractivity contribution in [3.63, 3.8) is 0 Å². The molecule has 0 aromatic carbocycles. The zero-order valence-electron chi connectivity index (χ0n) is 11.9. The maximum atomic E-state index is 5.72. The second kappa shape index (κ2) is 10.7. The molecule has 0 aromatic heterocycles. The van der Waals surface area contributed by atoms with Crippen LogP contribution in [-0.4, -0.2) is 5.88 Å². The van der Waals surface area contributed by atoms with Gasteiger partial charge in [-0.1, -0.05) is 41.9 Å². The number of halogens is 1. The molecular formula is C16H27Cl. The van der Waals surface area contributed by atoms with Crippen molar-refractivity contribution in [2.24, 2.45) is 0 Å². The third-order valence-corrected chi connectivity index (χ3v) is 3.02. The van der Waals surface area contributed by atoms with Crippen molar-refractivity contribution < 1.29 is 0 Å². The van der Waals surface area contributed by atoms with E-state index in [1.165, 1.54) is 29.6 Å². The van der Waals surface area contributed by atoms with Gasteiger partial charge in [-0.15, -0.1) is 11.6 Å². The summed E-state index contributed by atoms with van der Waals surface area (Å²) in [6, 6.07) is 0. The van der Waals surface area contributed by atoms with Crippen LogP contribution in [0.1, 0.15) is 59.8 Å². The molecule has 0 bridgehead atoms. The fourth-order valence-electron chi connectivity index (χ4n) is 1.73. The minimum absolute atomic E-state index is 0.645. The molecule has 0 N–H and O–H groups in total. The molecule has 0 aliphatic carbocycles. The summed E-state index contributed by atoms with van der Waals surface area (Å²) in [7, 11) is 0. The van der Waals surface area contributed by atoms with E-state index >= 15 is 0 Å². The number of hydrogen-bond acceptors (Lipinski definition) is 0. The van der Waals surface area contributed by atoms with Gasteiger partial charge in [-0.2, -0.15) is 0 Å². The summed E-state index contributed by atoms with van der Waals surface area (Å²) in [5.74, 6) is 0.645. The van der Waals surface area contributed by atoms with Crippen LogP contribution in [0.15, 0.2) is 34.9 Å². The molecule has 0 aliphatic heterocycles. The number of alkyl halides is 1. The fraction of sp³-hybridized carbons (Fsp3) is 0.625. The molecule has 0 amide bonds. The molecule has 0 aliphatic rings. The van der Waals surface area contributed by atoms with Crippen molar-refractivity contribution in [3.8, 4) is 0 Å². The Morgan fingerprint density at radius 2 is 1.59 bits per heavy atom. The lowest BCUT2D eigenvalue weighted by Gasteiger charge is -2.03. The summed E-state index contributed by atoms with van der Waals surface area (Å²) in [5, 5.41) is 0. The summed E-state index contributed by atoms with van der Waals surface area (Å²) in [4.78, 5) is 0. The minimum Gasteiger partial charge on any atom is -0.122 e. The van der Waals surface area contributed by atoms with E-state index in [4.69, 9.17) is 11.6 Å². The predicted molar refractivity (Wildman–Crippen MR) is 80.8 cm³/mol. The molecule has 0 saturated carbocycles. The van der Waals surface area contributed by atoms with Crippen molar-refractivity contribution in [2.45, 2.75) is 59.8 Å². The predicted octanol–water partition coefficient (Wildman–Crippen LogP) is 6.03. The lowest BCUT2D eigenvalue weighted by molar-refractivity contribution is 0.882. The molecule has 17 heavy (non-hydrogen) atoms. The smallest absolute Gasteiger partial charge is 0.0406 e. The van der Waals surface area contributed by atoms with Gasteiger partial charge in [0.25, 0.3) is 0 Å². The molecule has 0 unspecified atom stereocenters. The third-order valence-electron chi connectivity index (χ3n) is 2.87. The molecule has 0 atom stereocenters. The van der Waals surface area contributed by atoms with Gasteiger partial charge in [0.05, 0.1) is 0 Å². The van der Waals surface area contributed by atoms with Gasteiger partial charge in [-0.25, -0.2) is 0 Å². The van der Waals surface area contributed by atoms with Gasteiger partial charge in [0.2, 0.25) is 0 Å². The first-order chi connectivity index (χ1) is 8.10. The Bertz CT molecular complexity index is 278. The minimum atomic E-state index is 0.645. The van der Waals surface area contributed by atoms with Crippen LogP contribution >= 0.6 is 11.6 Å². The van der Waals surface area contributed by atoms with E-state index in [0.29, 0.717) is 5.88 Å². The van der Waals surface area contributed by atoms with Gasteiger partial charge >= 0.3 is 0 Å². The van der Waals surface area contributed by atoms with Gasteiger partial charge < -0.3 is 0 Å². The third kappa shape index (κ3) is 10.4. The summed E-state index contributed by atoms with van der Waals surface area (Å²) in [6.45, 7) is 8.74. The van der Waals surface area contributed by atoms with Crippen LogP contribution in [-0.2, 0) is 0 Å². The Morgan fingerprint density at radius 1 is 0.941 bits per heavy atom. The molecular weight excluding hydrogens is 228 g/mol. The Morgan fingerprint density at radius 3 is 2.12 bits per heavy atom. The maximum absolute atomic E-state index is 5.72. The highest BCUT2D eigenvalue weighted by Crippen LogP contribution is 2.13. The van der Waals surface area contributed by atoms with Gasteiger partial charge in [0.1, 0.15) is 0 Å². The number of hydrogen-bond donors (Lipinski definition) is 0. The van der Waals surface area contributed by atoms with Gasteiger partial charge in [-0.3, -0.25) is 0 Å². The SMILES string of the molecule is CCC(=CCCl)CCC=C(C)CCC=C(C)C. The summed E-state index contributed by atoms with van der Waals surface area (Å²) < 4.78 is 0. The number of rotatable bonds is 8. The summed E-state index contributed by atoms with van der Waals surface area (Å²) >= 11 is 5.72. The molecule has 0 spiro atoms. The summed E-state index contributed by atoms with van der Waals surface area (Å²) in [6.07, 6.45) is 12.6. The molecule has 98 valence electrons. The van der Waals surface area contributed by atoms with Crippen LogP contribution in [0, 0.1) is 0 Å². The summed E-state index contributed by atoms with van der Waals surface area (Å²) in [5.41, 5.74) is 4.40. The molecule has 0 heterocycles. The zero-order chi connectivity index (χ0) is 13.1. The van der Waals surface area contributed by atoms with E-state index in [9.17, 15) is 0 Å². The van der Waals surface area contributed by atoms with Crippen molar-refractivity contribution in [3.05, 3.63) is 34.9 Å². The van der Waals surface area contributed by atoms with Gasteiger partial charge in [0.15, 0.2) is 0 Å². The zero-order valence-corrected chi connectivity index (χ0v) is 12.6. The maximum Gasteiger partial charge on any atom is 0.0406 e. The van der Waals surface area contributed by atoms with E-state index in [1.54, 1.807) is 0 Å². The van der Waals surface area contributed by atoms with Crippen molar-refractivity contribution in [1.29, 1.82) is 0 Å². The molecule has 0 fully saturated rings. The topological polar surface area (TPSA) is 0 Å². The fourth-order valence-corrected chi connectivity index (χ4v) is 1.95. The Kier molecular flexibility index (Phi) is 10.3. The lowest BCUT2D eigenvalue weighted by atomic mass is 10.0. The largest absolute Gasteiger partial charge is 0.122 e. The van der Waals surface area contributed by atoms with Crippen LogP contribution in [0.3, 0.4) is 0 Å². The normalized spacial score (nSPS) is 12.8. The standard InChI is InChI=1S/C16H27Cl/c1-5-16(12-13-17)11-7-10-15(4)9-6-8-14(2)3/h8,10,12H,5-7,9,11,13H2,1-4H3. The first kappa shape index (κ1) is 16.5. The van der Waals surface area contributed by atoms with Gasteiger partial charge in [0, 0.05) is 5.88 Å². The van der Waals surface area contributed by atoms with E-state index in [1.807, 2.05) is 0 Å². The van der Waals surface area contributed by atoms with Crippen molar-refractivity contribution >= 4 is 11.6 Å². The molecule has 0 nitrogen and oxygen atoms in total. The van der Waals surface area contributed by atoms with Crippen LogP contribution in [0.2, 0.25) is 0 Å². The Labute approximate surface area is 112 Å². The van der Waals surface area contributed by atoms with Crippen LogP contribution in [0.5, 0.6) is 0 Å². The number of allylic oxidation sites excluding steroid dienone is 6. The van der Waals surface area contributed by atoms with E-state index in [2.05, 4.69) is 45.9 Å². The Hall–Kier alpha value is -0.490. The van der Waals surface area contributed by atoms with Crippen LogP contribution < -0.4 is 0 Å². The quantitative estimate of drug-likeness (QED) is 0.366. The average molecular weight is 255 g/mol. The molecule has 0 aromatic rings. The van der Waals surface area contributed by atoms with E-state index in [0.717, 1.165) is 19.3 Å². The van der Waals surface area contributed by atoms with Crippen LogP contribution in [0.25, 0.3) is 0 Å². The van der Waals surface area contributed by atoms with E-state index < -0.39 is 0 Å². The molecule has 0 radical (unpaired) electrons. The van der Waals surface area contributed by atoms with Crippen molar-refractivity contribution in [2.75, 3.05) is 5.88 Å². The highest BCUT2D eigenvalue weighted by Gasteiger charge is 1.94. The first-order valence-corrected chi connectivity index (χ1v) is 7.16. The highest BCUT2D eigenvalue weighted by atomic mass is 35.5. The lowest BCUT2D eigenvalue weighted by Crippen LogP contribution is -1.83. The molecule has 1 heteroatoms. The average Bonchev–Trinajstić information content (AvgIpc) is 2.27.